The lowest BCUT2D eigenvalue weighted by Crippen LogP contribution is -2.25. The lowest BCUT2D eigenvalue weighted by atomic mass is 9.71. The molecule has 0 aromatic heterocycles. The molecule has 3 rings (SSSR count). The molecule has 2 nitrogen and oxygen atoms in total. The molecule has 0 heterocycles. The third-order valence-corrected chi connectivity index (χ3v) is 5.03. The van der Waals surface area contributed by atoms with Crippen molar-refractivity contribution in [1.82, 2.24) is 0 Å². The normalized spacial score (nSPS) is 16.8. The molecule has 1 aliphatic rings. The van der Waals surface area contributed by atoms with Crippen molar-refractivity contribution in [2.75, 3.05) is 0 Å². The first-order valence-electron chi connectivity index (χ1n) is 8.15. The van der Waals surface area contributed by atoms with E-state index in [4.69, 9.17) is 16.3 Å². The van der Waals surface area contributed by atoms with Crippen molar-refractivity contribution < 1.29 is 9.53 Å². The van der Waals surface area contributed by atoms with Gasteiger partial charge in [-0.05, 0) is 60.2 Å². The number of ether oxygens (including phenoxy) is 1. The molecule has 0 N–H and O–H groups in total. The van der Waals surface area contributed by atoms with Crippen molar-refractivity contribution in [2.45, 2.75) is 44.4 Å². The molecular weight excluding hydrogens is 308 g/mol. The number of hydrogen-bond acceptors (Lipinski definition) is 2. The summed E-state index contributed by atoms with van der Waals surface area (Å²) in [6, 6.07) is 14.7. The molecule has 0 radical (unpaired) electrons. The number of rotatable bonds is 3. The van der Waals surface area contributed by atoms with Crippen LogP contribution in [0.5, 0.6) is 5.75 Å². The zero-order valence-electron chi connectivity index (χ0n) is 13.3. The van der Waals surface area contributed by atoms with Crippen LogP contribution in [0.15, 0.2) is 48.5 Å². The summed E-state index contributed by atoms with van der Waals surface area (Å²) < 4.78 is 5.53. The number of esters is 1. The number of halogens is 1. The van der Waals surface area contributed by atoms with Crippen molar-refractivity contribution >= 4 is 17.6 Å². The summed E-state index contributed by atoms with van der Waals surface area (Å²) in [4.78, 5) is 12.2. The maximum atomic E-state index is 12.2. The first kappa shape index (κ1) is 16.1. The van der Waals surface area contributed by atoms with E-state index < -0.39 is 0 Å². The molecule has 0 unspecified atom stereocenters. The Morgan fingerprint density at radius 3 is 2.43 bits per heavy atom. The van der Waals surface area contributed by atoms with E-state index in [1.165, 1.54) is 37.7 Å². The summed E-state index contributed by atoms with van der Waals surface area (Å²) in [7, 11) is 0. The highest BCUT2D eigenvalue weighted by Crippen LogP contribution is 2.39. The SMILES string of the molecule is CC1(c2cccc(OC(=O)c3ccc(Cl)cc3)c2)CCCCC1. The summed E-state index contributed by atoms with van der Waals surface area (Å²) in [5, 5.41) is 0.605. The molecule has 23 heavy (non-hydrogen) atoms. The molecule has 0 atom stereocenters. The van der Waals surface area contributed by atoms with Gasteiger partial charge in [0.05, 0.1) is 5.56 Å². The third-order valence-electron chi connectivity index (χ3n) is 4.78. The van der Waals surface area contributed by atoms with E-state index in [1.54, 1.807) is 24.3 Å². The smallest absolute Gasteiger partial charge is 0.343 e. The summed E-state index contributed by atoms with van der Waals surface area (Å²) >= 11 is 5.85. The van der Waals surface area contributed by atoms with Gasteiger partial charge in [-0.15, -0.1) is 0 Å². The Bertz CT molecular complexity index is 685. The van der Waals surface area contributed by atoms with E-state index in [0.29, 0.717) is 16.3 Å². The molecule has 0 spiro atoms. The molecule has 2 aromatic carbocycles. The van der Waals surface area contributed by atoms with E-state index >= 15 is 0 Å². The van der Waals surface area contributed by atoms with Crippen molar-refractivity contribution in [3.63, 3.8) is 0 Å². The number of carbonyl (C=O) groups is 1. The average molecular weight is 329 g/mol. The van der Waals surface area contributed by atoms with Crippen LogP contribution in [0.4, 0.5) is 0 Å². The largest absolute Gasteiger partial charge is 0.423 e. The van der Waals surface area contributed by atoms with E-state index in [1.807, 2.05) is 18.2 Å². The third kappa shape index (κ3) is 3.76. The second-order valence-corrected chi connectivity index (χ2v) is 6.98. The molecular formula is C20H21ClO2. The number of carbonyl (C=O) groups excluding carboxylic acids is 1. The van der Waals surface area contributed by atoms with Crippen molar-refractivity contribution in [3.05, 3.63) is 64.7 Å². The Labute approximate surface area is 142 Å². The highest BCUT2D eigenvalue weighted by Gasteiger charge is 2.29. The maximum absolute atomic E-state index is 12.2. The standard InChI is InChI=1S/C20H21ClO2/c1-20(12-3-2-4-13-20)16-6-5-7-18(14-16)23-19(22)15-8-10-17(21)11-9-15/h5-11,14H,2-4,12-13H2,1H3. The highest BCUT2D eigenvalue weighted by molar-refractivity contribution is 6.30. The van der Waals surface area contributed by atoms with Crippen LogP contribution >= 0.6 is 11.6 Å². The summed E-state index contributed by atoms with van der Waals surface area (Å²) in [6.07, 6.45) is 6.25. The van der Waals surface area contributed by atoms with Crippen molar-refractivity contribution in [1.29, 1.82) is 0 Å². The van der Waals surface area contributed by atoms with Gasteiger partial charge in [0.2, 0.25) is 0 Å². The Hall–Kier alpha value is -1.80. The minimum Gasteiger partial charge on any atom is -0.423 e. The van der Waals surface area contributed by atoms with Crippen molar-refractivity contribution in [3.8, 4) is 5.75 Å². The van der Waals surface area contributed by atoms with Gasteiger partial charge in [0.15, 0.2) is 0 Å². The molecule has 120 valence electrons. The second-order valence-electron chi connectivity index (χ2n) is 6.55. The number of hydrogen-bond donors (Lipinski definition) is 0. The van der Waals surface area contributed by atoms with Crippen LogP contribution in [0.1, 0.15) is 54.9 Å². The predicted octanol–water partition coefficient (Wildman–Crippen LogP) is 5.78. The van der Waals surface area contributed by atoms with E-state index in [0.717, 1.165) is 0 Å². The minimum absolute atomic E-state index is 0.195. The fourth-order valence-corrected chi connectivity index (χ4v) is 3.43. The van der Waals surface area contributed by atoms with Gasteiger partial charge in [0.1, 0.15) is 5.75 Å². The quantitative estimate of drug-likeness (QED) is 0.527. The van der Waals surface area contributed by atoms with Crippen LogP contribution in [-0.2, 0) is 5.41 Å². The minimum atomic E-state index is -0.354. The van der Waals surface area contributed by atoms with Gasteiger partial charge in [-0.3, -0.25) is 0 Å². The van der Waals surface area contributed by atoms with E-state index in [-0.39, 0.29) is 11.4 Å². The molecule has 1 aliphatic carbocycles. The van der Waals surface area contributed by atoms with Gasteiger partial charge < -0.3 is 4.74 Å². The molecule has 1 saturated carbocycles. The molecule has 0 amide bonds. The first-order valence-corrected chi connectivity index (χ1v) is 8.53. The fourth-order valence-electron chi connectivity index (χ4n) is 3.31. The van der Waals surface area contributed by atoms with Crippen LogP contribution in [0.25, 0.3) is 0 Å². The Morgan fingerprint density at radius 2 is 1.74 bits per heavy atom. The van der Waals surface area contributed by atoms with Crippen LogP contribution in [0.2, 0.25) is 5.02 Å². The predicted molar refractivity (Wildman–Crippen MR) is 93.3 cm³/mol. The molecule has 0 aliphatic heterocycles. The summed E-state index contributed by atoms with van der Waals surface area (Å²) in [5.41, 5.74) is 1.96. The van der Waals surface area contributed by atoms with Gasteiger partial charge >= 0.3 is 5.97 Å². The van der Waals surface area contributed by atoms with Crippen molar-refractivity contribution in [2.24, 2.45) is 0 Å². The zero-order chi connectivity index (χ0) is 16.3. The van der Waals surface area contributed by atoms with Gasteiger partial charge in [0.25, 0.3) is 0 Å². The van der Waals surface area contributed by atoms with Gasteiger partial charge in [0, 0.05) is 5.02 Å². The molecule has 0 bridgehead atoms. The zero-order valence-corrected chi connectivity index (χ0v) is 14.1. The Morgan fingerprint density at radius 1 is 1.04 bits per heavy atom. The van der Waals surface area contributed by atoms with Crippen LogP contribution in [0.3, 0.4) is 0 Å². The second kappa shape index (κ2) is 6.76. The van der Waals surface area contributed by atoms with Gasteiger partial charge in [-0.25, -0.2) is 4.79 Å². The molecule has 1 fully saturated rings. The van der Waals surface area contributed by atoms with Gasteiger partial charge in [-0.2, -0.15) is 0 Å². The molecule has 3 heteroatoms. The van der Waals surface area contributed by atoms with Crippen LogP contribution < -0.4 is 4.74 Å². The topological polar surface area (TPSA) is 26.3 Å². The average Bonchev–Trinajstić information content (AvgIpc) is 2.56. The fraction of sp³-hybridized carbons (Fsp3) is 0.350. The van der Waals surface area contributed by atoms with Gasteiger partial charge in [-0.1, -0.05) is 49.9 Å². The Balaban J connectivity index is 1.77. The Kier molecular flexibility index (Phi) is 4.72. The van der Waals surface area contributed by atoms with E-state index in [9.17, 15) is 4.79 Å². The number of benzene rings is 2. The van der Waals surface area contributed by atoms with Crippen LogP contribution in [-0.4, -0.2) is 5.97 Å². The maximum Gasteiger partial charge on any atom is 0.343 e. The monoisotopic (exact) mass is 328 g/mol. The lowest BCUT2D eigenvalue weighted by molar-refractivity contribution is 0.0734. The molecule has 0 saturated heterocycles. The summed E-state index contributed by atoms with van der Waals surface area (Å²) in [6.45, 7) is 2.31. The summed E-state index contributed by atoms with van der Waals surface area (Å²) in [5.74, 6) is 0.252. The first-order chi connectivity index (χ1) is 11.1. The lowest BCUT2D eigenvalue weighted by Gasteiger charge is -2.34. The van der Waals surface area contributed by atoms with Crippen LogP contribution in [0, 0.1) is 0 Å². The molecule has 2 aromatic rings. The highest BCUT2D eigenvalue weighted by atomic mass is 35.5. The van der Waals surface area contributed by atoms with E-state index in [2.05, 4.69) is 13.0 Å².